The van der Waals surface area contributed by atoms with E-state index in [1.165, 1.54) is 17.1 Å². The van der Waals surface area contributed by atoms with E-state index in [0.29, 0.717) is 10.8 Å². The van der Waals surface area contributed by atoms with E-state index in [1.807, 2.05) is 31.2 Å². The monoisotopic (exact) mass is 224 g/mol. The van der Waals surface area contributed by atoms with Gasteiger partial charge in [0.1, 0.15) is 5.02 Å². The van der Waals surface area contributed by atoms with Gasteiger partial charge in [0, 0.05) is 0 Å². The third-order valence-electron chi connectivity index (χ3n) is 1.97. The van der Waals surface area contributed by atoms with Crippen molar-refractivity contribution in [2.45, 2.75) is 6.92 Å². The summed E-state index contributed by atoms with van der Waals surface area (Å²) >= 11 is 7.33. The summed E-state index contributed by atoms with van der Waals surface area (Å²) < 4.78 is 4.00. The lowest BCUT2D eigenvalue weighted by Crippen LogP contribution is -1.83. The second-order valence-corrected chi connectivity index (χ2v) is 4.23. The van der Waals surface area contributed by atoms with Gasteiger partial charge in [0.25, 0.3) is 0 Å². The number of rotatable bonds is 1. The Kier molecular flexibility index (Phi) is 2.44. The first kappa shape index (κ1) is 9.49. The molecule has 1 aromatic carbocycles. The van der Waals surface area contributed by atoms with Gasteiger partial charge in [-0.05, 0) is 24.0 Å². The number of nitrogen functional groups attached to an aromatic ring is 1. The third-order valence-corrected chi connectivity index (χ3v) is 3.38. The largest absolute Gasteiger partial charge is 0.382 e. The van der Waals surface area contributed by atoms with Crippen LogP contribution in [0.5, 0.6) is 0 Å². The lowest BCUT2D eigenvalue weighted by molar-refractivity contribution is 1.48. The molecular weight excluding hydrogens is 216 g/mol. The molecule has 2 rings (SSSR count). The molecule has 0 spiro atoms. The van der Waals surface area contributed by atoms with Gasteiger partial charge in [-0.1, -0.05) is 41.4 Å². The van der Waals surface area contributed by atoms with E-state index in [-0.39, 0.29) is 0 Å². The number of anilines is 1. The molecule has 0 saturated heterocycles. The van der Waals surface area contributed by atoms with Gasteiger partial charge in [-0.2, -0.15) is 4.37 Å². The molecule has 0 aliphatic rings. The number of nitrogens with two attached hydrogens (primary N) is 1. The van der Waals surface area contributed by atoms with E-state index in [0.717, 1.165) is 10.4 Å². The van der Waals surface area contributed by atoms with E-state index >= 15 is 0 Å². The molecule has 2 N–H and O–H groups in total. The van der Waals surface area contributed by atoms with Crippen LogP contribution in [0, 0.1) is 6.92 Å². The predicted octanol–water partition coefficient (Wildman–Crippen LogP) is 3.35. The van der Waals surface area contributed by atoms with Crippen molar-refractivity contribution in [3.8, 4) is 10.4 Å². The molecule has 0 radical (unpaired) electrons. The van der Waals surface area contributed by atoms with Crippen LogP contribution in [0.3, 0.4) is 0 Å². The zero-order chi connectivity index (χ0) is 10.1. The van der Waals surface area contributed by atoms with Crippen LogP contribution in [0.1, 0.15) is 5.56 Å². The Morgan fingerprint density at radius 1 is 1.29 bits per heavy atom. The number of halogens is 1. The van der Waals surface area contributed by atoms with Crippen LogP contribution in [-0.4, -0.2) is 4.37 Å². The fourth-order valence-electron chi connectivity index (χ4n) is 1.18. The van der Waals surface area contributed by atoms with Crippen LogP contribution in [0.25, 0.3) is 10.4 Å². The topological polar surface area (TPSA) is 38.9 Å². The standard InChI is InChI=1S/C10H9ClN2S/c1-6-2-4-7(5-3-6)9-8(11)10(12)13-14-9/h2-5H,1H3,(H2,12,13). The molecule has 72 valence electrons. The summed E-state index contributed by atoms with van der Waals surface area (Å²) in [5.41, 5.74) is 7.86. The van der Waals surface area contributed by atoms with Gasteiger partial charge >= 0.3 is 0 Å². The summed E-state index contributed by atoms with van der Waals surface area (Å²) in [6.07, 6.45) is 0. The van der Waals surface area contributed by atoms with Gasteiger partial charge in [-0.25, -0.2) is 0 Å². The molecule has 0 aliphatic heterocycles. The van der Waals surface area contributed by atoms with Gasteiger partial charge in [-0.15, -0.1) is 0 Å². The lowest BCUT2D eigenvalue weighted by atomic mass is 10.1. The zero-order valence-corrected chi connectivity index (χ0v) is 9.19. The Morgan fingerprint density at radius 2 is 1.93 bits per heavy atom. The molecule has 0 unspecified atom stereocenters. The number of nitrogens with zero attached hydrogens (tertiary/aromatic N) is 1. The highest BCUT2D eigenvalue weighted by atomic mass is 35.5. The Balaban J connectivity index is 2.49. The molecular formula is C10H9ClN2S. The van der Waals surface area contributed by atoms with Gasteiger partial charge in [0.05, 0.1) is 4.88 Å². The summed E-state index contributed by atoms with van der Waals surface area (Å²) in [5, 5.41) is 0.554. The van der Waals surface area contributed by atoms with Crippen LogP contribution in [0.15, 0.2) is 24.3 Å². The molecule has 2 nitrogen and oxygen atoms in total. The molecule has 4 heteroatoms. The van der Waals surface area contributed by atoms with Crippen molar-refractivity contribution >= 4 is 29.0 Å². The summed E-state index contributed by atoms with van der Waals surface area (Å²) in [6, 6.07) is 8.13. The normalized spacial score (nSPS) is 10.4. The quantitative estimate of drug-likeness (QED) is 0.807. The van der Waals surface area contributed by atoms with Gasteiger partial charge in [-0.3, -0.25) is 0 Å². The fraction of sp³-hybridized carbons (Fsp3) is 0.100. The Bertz CT molecular complexity index is 448. The number of aryl methyl sites for hydroxylation is 1. The number of hydrogen-bond acceptors (Lipinski definition) is 3. The maximum absolute atomic E-state index is 6.01. The minimum atomic E-state index is 0.409. The van der Waals surface area contributed by atoms with Gasteiger partial charge in [0.2, 0.25) is 0 Å². The Hall–Kier alpha value is -1.06. The highest BCUT2D eigenvalue weighted by molar-refractivity contribution is 7.10. The number of aromatic nitrogens is 1. The first-order valence-corrected chi connectivity index (χ1v) is 5.31. The van der Waals surface area contributed by atoms with Gasteiger partial charge in [0.15, 0.2) is 5.82 Å². The molecule has 0 amide bonds. The van der Waals surface area contributed by atoms with E-state index in [2.05, 4.69) is 4.37 Å². The molecule has 0 bridgehead atoms. The van der Waals surface area contributed by atoms with Crippen LogP contribution >= 0.6 is 23.1 Å². The van der Waals surface area contributed by atoms with Crippen molar-refractivity contribution < 1.29 is 0 Å². The number of hydrogen-bond donors (Lipinski definition) is 1. The molecule has 0 saturated carbocycles. The Morgan fingerprint density at radius 3 is 2.43 bits per heavy atom. The van der Waals surface area contributed by atoms with Crippen LogP contribution in [-0.2, 0) is 0 Å². The second-order valence-electron chi connectivity index (χ2n) is 3.08. The molecule has 2 aromatic rings. The maximum Gasteiger partial charge on any atom is 0.156 e. The SMILES string of the molecule is Cc1ccc(-c2snc(N)c2Cl)cc1. The Labute approximate surface area is 91.5 Å². The highest BCUT2D eigenvalue weighted by Crippen LogP contribution is 2.35. The summed E-state index contributed by atoms with van der Waals surface area (Å²) in [7, 11) is 0. The highest BCUT2D eigenvalue weighted by Gasteiger charge is 2.10. The van der Waals surface area contributed by atoms with Crippen molar-refractivity contribution in [3.05, 3.63) is 34.9 Å². The average molecular weight is 225 g/mol. The van der Waals surface area contributed by atoms with E-state index < -0.39 is 0 Å². The zero-order valence-electron chi connectivity index (χ0n) is 7.62. The van der Waals surface area contributed by atoms with Crippen molar-refractivity contribution in [1.82, 2.24) is 4.37 Å². The average Bonchev–Trinajstić information content (AvgIpc) is 2.50. The van der Waals surface area contributed by atoms with E-state index in [1.54, 1.807) is 0 Å². The fourth-order valence-corrected chi connectivity index (χ4v) is 2.19. The molecule has 0 aliphatic carbocycles. The van der Waals surface area contributed by atoms with E-state index in [4.69, 9.17) is 17.3 Å². The van der Waals surface area contributed by atoms with Crippen LogP contribution in [0.2, 0.25) is 5.02 Å². The van der Waals surface area contributed by atoms with Crippen LogP contribution < -0.4 is 5.73 Å². The smallest absolute Gasteiger partial charge is 0.156 e. The summed E-state index contributed by atoms with van der Waals surface area (Å²) in [6.45, 7) is 2.05. The molecule has 0 fully saturated rings. The minimum absolute atomic E-state index is 0.409. The predicted molar refractivity (Wildman–Crippen MR) is 61.7 cm³/mol. The maximum atomic E-state index is 6.01. The van der Waals surface area contributed by atoms with Crippen molar-refractivity contribution in [1.29, 1.82) is 0 Å². The summed E-state index contributed by atoms with van der Waals surface area (Å²) in [4.78, 5) is 0.934. The third kappa shape index (κ3) is 1.61. The van der Waals surface area contributed by atoms with Crippen LogP contribution in [0.4, 0.5) is 5.82 Å². The molecule has 1 heterocycles. The molecule has 0 atom stereocenters. The number of benzene rings is 1. The van der Waals surface area contributed by atoms with Crippen molar-refractivity contribution in [2.75, 3.05) is 5.73 Å². The van der Waals surface area contributed by atoms with Gasteiger partial charge < -0.3 is 5.73 Å². The first-order valence-electron chi connectivity index (χ1n) is 4.16. The second kappa shape index (κ2) is 3.59. The summed E-state index contributed by atoms with van der Waals surface area (Å²) in [5.74, 6) is 0.409. The molecule has 1 aromatic heterocycles. The minimum Gasteiger partial charge on any atom is -0.382 e. The lowest BCUT2D eigenvalue weighted by Gasteiger charge is -1.98. The first-order chi connectivity index (χ1) is 6.68. The van der Waals surface area contributed by atoms with E-state index in [9.17, 15) is 0 Å². The molecule has 14 heavy (non-hydrogen) atoms. The van der Waals surface area contributed by atoms with Crippen molar-refractivity contribution in [2.24, 2.45) is 0 Å². The van der Waals surface area contributed by atoms with Crippen molar-refractivity contribution in [3.63, 3.8) is 0 Å².